The molecule has 35 heavy (non-hydrogen) atoms. The lowest BCUT2D eigenvalue weighted by atomic mass is 9.68. The molecule has 1 aliphatic heterocycles. The topological polar surface area (TPSA) is 70.4 Å². The Morgan fingerprint density at radius 3 is 2.37 bits per heavy atom. The molecule has 3 aromatic carbocycles. The molecule has 0 aromatic heterocycles. The minimum atomic E-state index is -1.60. The molecule has 0 fully saturated rings. The van der Waals surface area contributed by atoms with Crippen molar-refractivity contribution in [2.24, 2.45) is 0 Å². The molecule has 0 saturated heterocycles. The van der Waals surface area contributed by atoms with E-state index in [2.05, 4.69) is 28.6 Å². The van der Waals surface area contributed by atoms with E-state index < -0.39 is 17.4 Å². The van der Waals surface area contributed by atoms with Gasteiger partial charge >= 0.3 is 5.97 Å². The molecule has 0 saturated carbocycles. The summed E-state index contributed by atoms with van der Waals surface area (Å²) >= 11 is 3.40. The summed E-state index contributed by atoms with van der Waals surface area (Å²) in [5.74, 6) is -1.88. The van der Waals surface area contributed by atoms with Crippen LogP contribution in [-0.2, 0) is 15.1 Å². The van der Waals surface area contributed by atoms with Gasteiger partial charge in [0.2, 0.25) is 0 Å². The van der Waals surface area contributed by atoms with Crippen molar-refractivity contribution in [3.05, 3.63) is 124 Å². The van der Waals surface area contributed by atoms with Gasteiger partial charge in [-0.15, -0.1) is 0 Å². The van der Waals surface area contributed by atoms with Gasteiger partial charge in [-0.2, -0.15) is 5.26 Å². The van der Waals surface area contributed by atoms with Crippen molar-refractivity contribution in [2.75, 3.05) is 6.61 Å². The van der Waals surface area contributed by atoms with Gasteiger partial charge in [-0.05, 0) is 48.4 Å². The molecule has 1 heterocycles. The first-order chi connectivity index (χ1) is 16.9. The van der Waals surface area contributed by atoms with Gasteiger partial charge in [0.05, 0.1) is 18.6 Å². The molecule has 2 atom stereocenters. The Labute approximate surface area is 213 Å². The number of amides is 1. The average molecular weight is 527 g/mol. The molecule has 1 aliphatic rings. The van der Waals surface area contributed by atoms with E-state index in [0.717, 1.165) is 10.0 Å². The SMILES string of the molecule is C=C(C(=O)OCC)[C@@H](c1ccccc1)[C@]1(C#N)c2ccccc2C=CN1C(=O)c1ccc(Br)cc1. The molecule has 0 unspecified atom stereocenters. The summed E-state index contributed by atoms with van der Waals surface area (Å²) in [7, 11) is 0. The maximum absolute atomic E-state index is 13.9. The van der Waals surface area contributed by atoms with Gasteiger partial charge in [0.25, 0.3) is 5.91 Å². The quantitative estimate of drug-likeness (QED) is 0.283. The van der Waals surface area contributed by atoms with Crippen LogP contribution in [0.5, 0.6) is 0 Å². The van der Waals surface area contributed by atoms with Crippen molar-refractivity contribution in [2.45, 2.75) is 18.4 Å². The third-order valence-electron chi connectivity index (χ3n) is 6.07. The van der Waals surface area contributed by atoms with Crippen molar-refractivity contribution in [3.8, 4) is 6.07 Å². The zero-order chi connectivity index (χ0) is 25.0. The fraction of sp³-hybridized carbons (Fsp3) is 0.138. The Hall–Kier alpha value is -3.95. The van der Waals surface area contributed by atoms with Crippen LogP contribution >= 0.6 is 15.9 Å². The van der Waals surface area contributed by atoms with Crippen LogP contribution in [0.4, 0.5) is 0 Å². The lowest BCUT2D eigenvalue weighted by Gasteiger charge is -2.45. The van der Waals surface area contributed by atoms with Crippen LogP contribution in [0.25, 0.3) is 6.08 Å². The largest absolute Gasteiger partial charge is 0.463 e. The van der Waals surface area contributed by atoms with Gasteiger partial charge in [0.1, 0.15) is 0 Å². The van der Waals surface area contributed by atoms with Gasteiger partial charge in [-0.25, -0.2) is 4.79 Å². The standard InChI is InChI=1S/C29H23BrN2O3/c1-3-35-28(34)20(2)26(22-10-5-4-6-11-22)29(19-31)25-12-8-7-9-21(25)17-18-32(29)27(33)23-13-15-24(30)16-14-23/h4-18,26H,2-3H2,1H3/t26-,29-/m0/s1. The molecule has 4 rings (SSSR count). The first kappa shape index (κ1) is 24.2. The predicted molar refractivity (Wildman–Crippen MR) is 138 cm³/mol. The van der Waals surface area contributed by atoms with Gasteiger partial charge in [-0.1, -0.05) is 77.1 Å². The van der Waals surface area contributed by atoms with Crippen molar-refractivity contribution in [3.63, 3.8) is 0 Å². The first-order valence-corrected chi connectivity index (χ1v) is 11.9. The zero-order valence-corrected chi connectivity index (χ0v) is 20.7. The maximum Gasteiger partial charge on any atom is 0.334 e. The smallest absolute Gasteiger partial charge is 0.334 e. The summed E-state index contributed by atoms with van der Waals surface area (Å²) in [6, 6.07) is 25.9. The van der Waals surface area contributed by atoms with Crippen molar-refractivity contribution in [1.29, 1.82) is 5.26 Å². The number of fused-ring (bicyclic) bond motifs is 1. The van der Waals surface area contributed by atoms with Crippen molar-refractivity contribution >= 4 is 33.9 Å². The minimum Gasteiger partial charge on any atom is -0.463 e. The summed E-state index contributed by atoms with van der Waals surface area (Å²) in [6.07, 6.45) is 3.42. The average Bonchev–Trinajstić information content (AvgIpc) is 2.89. The van der Waals surface area contributed by atoms with E-state index in [4.69, 9.17) is 4.74 Å². The van der Waals surface area contributed by atoms with E-state index in [1.54, 1.807) is 43.5 Å². The molecule has 0 bridgehead atoms. The minimum absolute atomic E-state index is 0.0957. The molecule has 3 aromatic rings. The normalized spacial score (nSPS) is 17.1. The van der Waals surface area contributed by atoms with Crippen molar-refractivity contribution in [1.82, 2.24) is 4.90 Å². The summed E-state index contributed by atoms with van der Waals surface area (Å²) in [5, 5.41) is 10.9. The molecule has 0 aliphatic carbocycles. The second-order valence-corrected chi connectivity index (χ2v) is 8.97. The van der Waals surface area contributed by atoms with Crippen LogP contribution in [0, 0.1) is 11.3 Å². The predicted octanol–water partition coefficient (Wildman–Crippen LogP) is 6.20. The second kappa shape index (κ2) is 10.1. The van der Waals surface area contributed by atoms with Gasteiger partial charge in [0, 0.05) is 27.4 Å². The second-order valence-electron chi connectivity index (χ2n) is 8.05. The number of ether oxygens (including phenoxy) is 1. The number of halogens is 1. The number of hydrogen-bond donors (Lipinski definition) is 0. The summed E-state index contributed by atoms with van der Waals surface area (Å²) < 4.78 is 6.12. The van der Waals surface area contributed by atoms with Gasteiger partial charge in [-0.3, -0.25) is 9.69 Å². The fourth-order valence-electron chi connectivity index (χ4n) is 4.51. The van der Waals surface area contributed by atoms with Crippen LogP contribution in [0.2, 0.25) is 0 Å². The molecular formula is C29H23BrN2O3. The lowest BCUT2D eigenvalue weighted by molar-refractivity contribution is -0.139. The summed E-state index contributed by atoms with van der Waals surface area (Å²) in [5.41, 5.74) is 0.969. The summed E-state index contributed by atoms with van der Waals surface area (Å²) in [6.45, 7) is 5.95. The molecule has 174 valence electrons. The Kier molecular flexibility index (Phi) is 6.99. The van der Waals surface area contributed by atoms with Gasteiger partial charge in [0.15, 0.2) is 5.54 Å². The van der Waals surface area contributed by atoms with Gasteiger partial charge < -0.3 is 4.74 Å². The number of carbonyl (C=O) groups excluding carboxylic acids is 2. The summed E-state index contributed by atoms with van der Waals surface area (Å²) in [4.78, 5) is 28.3. The fourth-order valence-corrected chi connectivity index (χ4v) is 4.77. The Bertz CT molecular complexity index is 1340. The monoisotopic (exact) mass is 526 g/mol. The van der Waals surface area contributed by atoms with Crippen LogP contribution in [-0.4, -0.2) is 23.4 Å². The van der Waals surface area contributed by atoms with E-state index in [9.17, 15) is 14.9 Å². The van der Waals surface area contributed by atoms with Crippen LogP contribution in [0.15, 0.2) is 102 Å². The highest BCUT2D eigenvalue weighted by Gasteiger charge is 2.53. The van der Waals surface area contributed by atoms with Crippen LogP contribution < -0.4 is 0 Å². The Balaban J connectivity index is 2.00. The van der Waals surface area contributed by atoms with E-state index in [1.165, 1.54) is 4.90 Å². The highest BCUT2D eigenvalue weighted by Crippen LogP contribution is 2.49. The van der Waals surface area contributed by atoms with E-state index in [-0.39, 0.29) is 18.1 Å². The highest BCUT2D eigenvalue weighted by molar-refractivity contribution is 9.10. The maximum atomic E-state index is 13.9. The third-order valence-corrected chi connectivity index (χ3v) is 6.60. The van der Waals surface area contributed by atoms with E-state index in [1.807, 2.05) is 54.6 Å². The van der Waals surface area contributed by atoms with Crippen LogP contribution in [0.1, 0.15) is 39.9 Å². The number of rotatable bonds is 6. The Morgan fingerprint density at radius 2 is 1.71 bits per heavy atom. The number of carbonyl (C=O) groups is 2. The van der Waals surface area contributed by atoms with Crippen LogP contribution in [0.3, 0.4) is 0 Å². The molecule has 0 N–H and O–H groups in total. The first-order valence-electron chi connectivity index (χ1n) is 11.1. The number of nitrogens with zero attached hydrogens (tertiary/aromatic N) is 2. The van der Waals surface area contributed by atoms with Crippen molar-refractivity contribution < 1.29 is 14.3 Å². The molecule has 0 spiro atoms. The van der Waals surface area contributed by atoms with E-state index >= 15 is 0 Å². The Morgan fingerprint density at radius 1 is 1.06 bits per heavy atom. The zero-order valence-electron chi connectivity index (χ0n) is 19.1. The van der Waals surface area contributed by atoms with E-state index in [0.29, 0.717) is 16.7 Å². The molecule has 0 radical (unpaired) electrons. The number of hydrogen-bond acceptors (Lipinski definition) is 4. The number of esters is 1. The molecule has 5 nitrogen and oxygen atoms in total. The lowest BCUT2D eigenvalue weighted by Crippen LogP contribution is -2.52. The molecule has 6 heteroatoms. The highest BCUT2D eigenvalue weighted by atomic mass is 79.9. The molecule has 1 amide bonds. The number of nitriles is 1. The molecular weight excluding hydrogens is 504 g/mol. The number of benzene rings is 3. The third kappa shape index (κ3) is 4.31.